The van der Waals surface area contributed by atoms with Crippen LogP contribution in [0.5, 0.6) is 0 Å². The van der Waals surface area contributed by atoms with E-state index < -0.39 is 0 Å². The molecule has 0 aliphatic heterocycles. The molecule has 88 valence electrons. The van der Waals surface area contributed by atoms with E-state index in [-0.39, 0.29) is 5.82 Å². The van der Waals surface area contributed by atoms with E-state index >= 15 is 0 Å². The van der Waals surface area contributed by atoms with E-state index in [1.54, 1.807) is 12.1 Å². The molecule has 17 heavy (non-hydrogen) atoms. The van der Waals surface area contributed by atoms with Crippen molar-refractivity contribution in [1.29, 1.82) is 0 Å². The average molecular weight is 249 g/mol. The summed E-state index contributed by atoms with van der Waals surface area (Å²) < 4.78 is 13.7. The van der Waals surface area contributed by atoms with Crippen LogP contribution in [0.1, 0.15) is 23.6 Å². The summed E-state index contributed by atoms with van der Waals surface area (Å²) in [5.74, 6) is -0.233. The van der Waals surface area contributed by atoms with Crippen molar-refractivity contribution in [2.45, 2.75) is 19.8 Å². The van der Waals surface area contributed by atoms with Gasteiger partial charge in [0.2, 0.25) is 0 Å². The summed E-state index contributed by atoms with van der Waals surface area (Å²) in [6.07, 6.45) is 1.50. The van der Waals surface area contributed by atoms with Gasteiger partial charge in [0.05, 0.1) is 0 Å². The van der Waals surface area contributed by atoms with Gasteiger partial charge in [-0.2, -0.15) is 0 Å². The Kier molecular flexibility index (Phi) is 3.80. The van der Waals surface area contributed by atoms with Crippen LogP contribution in [0.2, 0.25) is 5.02 Å². The Labute approximate surface area is 106 Å². The number of benzene rings is 2. The number of halogens is 2. The van der Waals surface area contributed by atoms with E-state index in [2.05, 4.69) is 13.0 Å². The molecule has 0 N–H and O–H groups in total. The average Bonchev–Trinajstić information content (AvgIpc) is 2.34. The summed E-state index contributed by atoms with van der Waals surface area (Å²) in [5.41, 5.74) is 2.96. The van der Waals surface area contributed by atoms with Gasteiger partial charge in [0, 0.05) is 17.0 Å². The highest BCUT2D eigenvalue weighted by atomic mass is 35.5. The van der Waals surface area contributed by atoms with Crippen LogP contribution in [-0.2, 0) is 12.8 Å². The van der Waals surface area contributed by atoms with Gasteiger partial charge < -0.3 is 0 Å². The third-order valence-corrected chi connectivity index (χ3v) is 3.28. The predicted octanol–water partition coefficient (Wildman–Crippen LogP) is 4.63. The molecule has 2 aromatic carbocycles. The molecule has 0 bridgehead atoms. The Bertz CT molecular complexity index is 500. The fourth-order valence-corrected chi connectivity index (χ4v) is 2.20. The minimum absolute atomic E-state index is 0.233. The van der Waals surface area contributed by atoms with Gasteiger partial charge >= 0.3 is 0 Å². The van der Waals surface area contributed by atoms with Crippen LogP contribution >= 0.6 is 11.6 Å². The highest BCUT2D eigenvalue weighted by molar-refractivity contribution is 6.31. The first kappa shape index (κ1) is 12.1. The second-order valence-electron chi connectivity index (χ2n) is 4.00. The minimum atomic E-state index is -0.233. The largest absolute Gasteiger partial charge is 0.207 e. The first-order chi connectivity index (χ1) is 8.22. The van der Waals surface area contributed by atoms with Crippen molar-refractivity contribution in [2.24, 2.45) is 0 Å². The van der Waals surface area contributed by atoms with Crippen molar-refractivity contribution in [3.05, 3.63) is 70.0 Å². The molecule has 2 aromatic rings. The molecule has 0 atom stereocenters. The quantitative estimate of drug-likeness (QED) is 0.743. The van der Waals surface area contributed by atoms with E-state index in [9.17, 15) is 4.39 Å². The SMILES string of the molecule is CCc1ccccc1Cc1c(F)cccc1Cl. The van der Waals surface area contributed by atoms with Crippen LogP contribution in [0.15, 0.2) is 42.5 Å². The third kappa shape index (κ3) is 2.67. The molecule has 0 heterocycles. The molecule has 0 saturated carbocycles. The zero-order valence-electron chi connectivity index (χ0n) is 9.71. The first-order valence-electron chi connectivity index (χ1n) is 5.72. The van der Waals surface area contributed by atoms with Crippen molar-refractivity contribution in [1.82, 2.24) is 0 Å². The van der Waals surface area contributed by atoms with Gasteiger partial charge in [-0.3, -0.25) is 0 Å². The fraction of sp³-hybridized carbons (Fsp3) is 0.200. The lowest BCUT2D eigenvalue weighted by molar-refractivity contribution is 0.614. The number of rotatable bonds is 3. The second-order valence-corrected chi connectivity index (χ2v) is 4.41. The summed E-state index contributed by atoms with van der Waals surface area (Å²) >= 11 is 6.03. The van der Waals surface area contributed by atoms with Gasteiger partial charge in [0.25, 0.3) is 0 Å². The summed E-state index contributed by atoms with van der Waals surface area (Å²) in [5, 5.41) is 0.496. The second kappa shape index (κ2) is 5.33. The molecular weight excluding hydrogens is 235 g/mol. The van der Waals surface area contributed by atoms with Crippen molar-refractivity contribution in [3.63, 3.8) is 0 Å². The van der Waals surface area contributed by atoms with Crippen LogP contribution in [0.3, 0.4) is 0 Å². The fourth-order valence-electron chi connectivity index (χ4n) is 1.97. The molecule has 0 fully saturated rings. The van der Waals surface area contributed by atoms with Crippen molar-refractivity contribution < 1.29 is 4.39 Å². The molecule has 0 nitrogen and oxygen atoms in total. The molecule has 0 aliphatic carbocycles. The zero-order valence-corrected chi connectivity index (χ0v) is 10.5. The Morgan fingerprint density at radius 2 is 1.71 bits per heavy atom. The molecule has 2 heteroatoms. The van der Waals surface area contributed by atoms with Crippen LogP contribution in [-0.4, -0.2) is 0 Å². The van der Waals surface area contributed by atoms with Crippen molar-refractivity contribution >= 4 is 11.6 Å². The molecule has 0 amide bonds. The topological polar surface area (TPSA) is 0 Å². The summed E-state index contributed by atoms with van der Waals surface area (Å²) in [6.45, 7) is 2.10. The standard InChI is InChI=1S/C15H14ClF/c1-2-11-6-3-4-7-12(11)10-13-14(16)8-5-9-15(13)17/h3-9H,2,10H2,1H3. The van der Waals surface area contributed by atoms with Gasteiger partial charge in [-0.05, 0) is 29.7 Å². The normalized spacial score (nSPS) is 10.5. The number of aryl methyl sites for hydroxylation is 1. The third-order valence-electron chi connectivity index (χ3n) is 2.93. The summed E-state index contributed by atoms with van der Waals surface area (Å²) in [4.78, 5) is 0. The molecule has 0 aliphatic rings. The van der Waals surface area contributed by atoms with E-state index in [1.807, 2.05) is 18.2 Å². The lowest BCUT2D eigenvalue weighted by Crippen LogP contribution is -1.97. The Morgan fingerprint density at radius 1 is 1.00 bits per heavy atom. The van der Waals surface area contributed by atoms with Crippen molar-refractivity contribution in [2.75, 3.05) is 0 Å². The predicted molar refractivity (Wildman–Crippen MR) is 70.0 cm³/mol. The van der Waals surface area contributed by atoms with Gasteiger partial charge in [0.1, 0.15) is 5.82 Å². The first-order valence-corrected chi connectivity index (χ1v) is 6.10. The molecule has 2 rings (SSSR count). The molecule has 0 spiro atoms. The lowest BCUT2D eigenvalue weighted by atomic mass is 9.98. The maximum atomic E-state index is 13.7. The summed E-state index contributed by atoms with van der Waals surface area (Å²) in [7, 11) is 0. The van der Waals surface area contributed by atoms with Gasteiger partial charge in [-0.25, -0.2) is 4.39 Å². The smallest absolute Gasteiger partial charge is 0.128 e. The Hall–Kier alpha value is -1.34. The van der Waals surface area contributed by atoms with E-state index in [1.165, 1.54) is 11.6 Å². The van der Waals surface area contributed by atoms with Crippen LogP contribution in [0.4, 0.5) is 4.39 Å². The molecule has 0 radical (unpaired) electrons. The minimum Gasteiger partial charge on any atom is -0.207 e. The maximum absolute atomic E-state index is 13.7. The Morgan fingerprint density at radius 3 is 2.35 bits per heavy atom. The monoisotopic (exact) mass is 248 g/mol. The zero-order chi connectivity index (χ0) is 12.3. The van der Waals surface area contributed by atoms with E-state index in [0.717, 1.165) is 12.0 Å². The molecular formula is C15H14ClF. The molecule has 0 saturated heterocycles. The molecule has 0 aromatic heterocycles. The highest BCUT2D eigenvalue weighted by Crippen LogP contribution is 2.23. The van der Waals surface area contributed by atoms with E-state index in [0.29, 0.717) is 17.0 Å². The van der Waals surface area contributed by atoms with Crippen LogP contribution in [0.25, 0.3) is 0 Å². The molecule has 0 unspecified atom stereocenters. The number of hydrogen-bond donors (Lipinski definition) is 0. The Balaban J connectivity index is 2.38. The van der Waals surface area contributed by atoms with E-state index in [4.69, 9.17) is 11.6 Å². The van der Waals surface area contributed by atoms with Crippen LogP contribution < -0.4 is 0 Å². The summed E-state index contributed by atoms with van der Waals surface area (Å²) in [6, 6.07) is 12.9. The van der Waals surface area contributed by atoms with Gasteiger partial charge in [0.15, 0.2) is 0 Å². The van der Waals surface area contributed by atoms with Gasteiger partial charge in [-0.1, -0.05) is 48.9 Å². The lowest BCUT2D eigenvalue weighted by Gasteiger charge is -2.09. The van der Waals surface area contributed by atoms with Crippen molar-refractivity contribution in [3.8, 4) is 0 Å². The van der Waals surface area contributed by atoms with Crippen LogP contribution in [0, 0.1) is 5.82 Å². The highest BCUT2D eigenvalue weighted by Gasteiger charge is 2.09. The maximum Gasteiger partial charge on any atom is 0.128 e. The number of hydrogen-bond acceptors (Lipinski definition) is 0. The van der Waals surface area contributed by atoms with Gasteiger partial charge in [-0.15, -0.1) is 0 Å².